The molecule has 3 atom stereocenters. The van der Waals surface area contributed by atoms with Gasteiger partial charge in [-0.3, -0.25) is 4.40 Å². The summed E-state index contributed by atoms with van der Waals surface area (Å²) in [6.45, 7) is 4.08. The molecule has 0 saturated heterocycles. The summed E-state index contributed by atoms with van der Waals surface area (Å²) in [7, 11) is -3.82. The summed E-state index contributed by atoms with van der Waals surface area (Å²) >= 11 is 0. The standard InChI is InChI=1S/C25H23N9O2S/c1-15-3-5-19(6-4-15)37(35,36)33-8-7-21-25(33)29-14-23-31-32-24(34(21)23)20-10-17(9-16(20)2)30-22-13-27-18(11-26)12-28-22/h3-8,12-14,16-17,20H,9-10H2,1-2H3,(H,28,30)/t16-,17+,20+/m1/s1. The van der Waals surface area contributed by atoms with Crippen molar-refractivity contribution in [2.75, 3.05) is 5.32 Å². The van der Waals surface area contributed by atoms with Gasteiger partial charge in [0.2, 0.25) is 0 Å². The minimum absolute atomic E-state index is 0.0847. The van der Waals surface area contributed by atoms with Gasteiger partial charge in [0, 0.05) is 18.2 Å². The van der Waals surface area contributed by atoms with Gasteiger partial charge >= 0.3 is 0 Å². The number of rotatable bonds is 5. The molecule has 0 spiro atoms. The SMILES string of the molecule is Cc1ccc(S(=O)(=O)n2ccc3c2ncc2nnc([C@H]4C[C@@H](Nc5cnc(C#N)cn5)C[C@H]4C)n23)cc1. The van der Waals surface area contributed by atoms with E-state index in [9.17, 15) is 8.42 Å². The number of nitrogens with one attached hydrogen (secondary N) is 1. The maximum absolute atomic E-state index is 13.4. The smallest absolute Gasteiger partial charge is 0.269 e. The molecule has 0 unspecified atom stereocenters. The van der Waals surface area contributed by atoms with E-state index < -0.39 is 10.0 Å². The monoisotopic (exact) mass is 513 g/mol. The highest BCUT2D eigenvalue weighted by molar-refractivity contribution is 7.90. The van der Waals surface area contributed by atoms with Crippen LogP contribution in [0.4, 0.5) is 5.82 Å². The summed E-state index contributed by atoms with van der Waals surface area (Å²) in [5, 5.41) is 21.2. The van der Waals surface area contributed by atoms with Crippen molar-refractivity contribution in [1.82, 2.24) is 33.5 Å². The normalized spacial score (nSPS) is 19.9. The first-order valence-corrected chi connectivity index (χ1v) is 13.3. The molecule has 4 aromatic heterocycles. The number of benzene rings is 1. The van der Waals surface area contributed by atoms with Gasteiger partial charge in [-0.25, -0.2) is 27.3 Å². The fourth-order valence-corrected chi connectivity index (χ4v) is 6.40. The van der Waals surface area contributed by atoms with Gasteiger partial charge in [-0.2, -0.15) is 5.26 Å². The topological polar surface area (TPSA) is 144 Å². The van der Waals surface area contributed by atoms with Crippen LogP contribution in [0.3, 0.4) is 0 Å². The maximum atomic E-state index is 13.4. The second-order valence-electron chi connectivity index (χ2n) is 9.44. The van der Waals surface area contributed by atoms with Crippen LogP contribution in [0.25, 0.3) is 16.8 Å². The van der Waals surface area contributed by atoms with Crippen molar-refractivity contribution in [3.8, 4) is 6.07 Å². The molecule has 1 aliphatic rings. The number of aromatic nitrogens is 7. The Morgan fingerprint density at radius 1 is 1.03 bits per heavy atom. The largest absolute Gasteiger partial charge is 0.366 e. The van der Waals surface area contributed by atoms with E-state index in [0.29, 0.717) is 22.6 Å². The van der Waals surface area contributed by atoms with Crippen molar-refractivity contribution in [3.63, 3.8) is 0 Å². The highest BCUT2D eigenvalue weighted by Gasteiger charge is 2.36. The molecular formula is C25H23N9O2S. The Labute approximate surface area is 212 Å². The van der Waals surface area contributed by atoms with Crippen LogP contribution in [0.2, 0.25) is 0 Å². The average Bonchev–Trinajstić information content (AvgIpc) is 3.61. The third kappa shape index (κ3) is 3.88. The van der Waals surface area contributed by atoms with Crippen LogP contribution in [-0.2, 0) is 10.0 Å². The van der Waals surface area contributed by atoms with E-state index in [0.717, 1.165) is 24.2 Å². The number of nitrogens with zero attached hydrogens (tertiary/aromatic N) is 8. The lowest BCUT2D eigenvalue weighted by atomic mass is 9.97. The highest BCUT2D eigenvalue weighted by atomic mass is 32.2. The number of aryl methyl sites for hydroxylation is 1. The molecular weight excluding hydrogens is 490 g/mol. The van der Waals surface area contributed by atoms with Gasteiger partial charge in [-0.15, -0.1) is 10.2 Å². The van der Waals surface area contributed by atoms with Crippen molar-refractivity contribution in [2.24, 2.45) is 5.92 Å². The maximum Gasteiger partial charge on any atom is 0.269 e. The Kier molecular flexibility index (Phi) is 5.38. The number of fused-ring (bicyclic) bond motifs is 3. The third-order valence-corrected chi connectivity index (χ3v) is 8.65. The number of hydrogen-bond donors (Lipinski definition) is 1. The van der Waals surface area contributed by atoms with Crippen molar-refractivity contribution < 1.29 is 8.42 Å². The van der Waals surface area contributed by atoms with Crippen molar-refractivity contribution in [2.45, 2.75) is 43.5 Å². The summed E-state index contributed by atoms with van der Waals surface area (Å²) in [6.07, 6.45) is 7.77. The van der Waals surface area contributed by atoms with Gasteiger partial charge in [0.05, 0.1) is 29.0 Å². The first-order chi connectivity index (χ1) is 17.8. The molecule has 0 aliphatic heterocycles. The first kappa shape index (κ1) is 23.1. The van der Waals surface area contributed by atoms with Crippen LogP contribution < -0.4 is 5.32 Å². The zero-order chi connectivity index (χ0) is 25.7. The molecule has 12 heteroatoms. The predicted octanol–water partition coefficient (Wildman–Crippen LogP) is 3.28. The molecule has 4 heterocycles. The molecule has 1 aromatic carbocycles. The minimum Gasteiger partial charge on any atom is -0.366 e. The van der Waals surface area contributed by atoms with E-state index in [4.69, 9.17) is 5.26 Å². The van der Waals surface area contributed by atoms with E-state index in [2.05, 4.69) is 37.4 Å². The average molecular weight is 514 g/mol. The molecule has 5 aromatic rings. The minimum atomic E-state index is -3.82. The van der Waals surface area contributed by atoms with Crippen LogP contribution in [0.5, 0.6) is 0 Å². The molecule has 1 aliphatic carbocycles. The van der Waals surface area contributed by atoms with Crippen LogP contribution in [0.15, 0.2) is 60.0 Å². The summed E-state index contributed by atoms with van der Waals surface area (Å²) in [5.41, 5.74) is 2.77. The summed E-state index contributed by atoms with van der Waals surface area (Å²) < 4.78 is 29.9. The van der Waals surface area contributed by atoms with Gasteiger partial charge in [0.25, 0.3) is 10.0 Å². The predicted molar refractivity (Wildman–Crippen MR) is 135 cm³/mol. The third-order valence-electron chi connectivity index (χ3n) is 6.97. The van der Waals surface area contributed by atoms with Crippen molar-refractivity contribution in [1.29, 1.82) is 5.26 Å². The number of anilines is 1. The Hall–Kier alpha value is -4.37. The molecule has 37 heavy (non-hydrogen) atoms. The Bertz CT molecular complexity index is 1770. The number of nitriles is 1. The molecule has 11 nitrogen and oxygen atoms in total. The molecule has 0 radical (unpaired) electrons. The highest BCUT2D eigenvalue weighted by Crippen LogP contribution is 2.40. The van der Waals surface area contributed by atoms with E-state index in [1.54, 1.807) is 42.7 Å². The zero-order valence-corrected chi connectivity index (χ0v) is 21.0. The van der Waals surface area contributed by atoms with E-state index in [1.807, 2.05) is 17.4 Å². The van der Waals surface area contributed by atoms with E-state index in [1.165, 1.54) is 16.4 Å². The quantitative estimate of drug-likeness (QED) is 0.374. The Morgan fingerprint density at radius 3 is 2.57 bits per heavy atom. The Morgan fingerprint density at radius 2 is 1.84 bits per heavy atom. The van der Waals surface area contributed by atoms with Gasteiger partial charge in [0.15, 0.2) is 17.0 Å². The van der Waals surface area contributed by atoms with Crippen molar-refractivity contribution in [3.05, 3.63) is 72.2 Å². The van der Waals surface area contributed by atoms with E-state index >= 15 is 0 Å². The summed E-state index contributed by atoms with van der Waals surface area (Å²) in [5.74, 6) is 1.77. The van der Waals surface area contributed by atoms with Gasteiger partial charge in [-0.1, -0.05) is 24.6 Å². The van der Waals surface area contributed by atoms with Crippen LogP contribution in [0, 0.1) is 24.2 Å². The number of hydrogen-bond acceptors (Lipinski definition) is 9. The van der Waals surface area contributed by atoms with Gasteiger partial charge in [0.1, 0.15) is 17.7 Å². The lowest BCUT2D eigenvalue weighted by Crippen LogP contribution is -2.17. The van der Waals surface area contributed by atoms with Crippen LogP contribution in [-0.4, -0.2) is 48.0 Å². The molecule has 1 saturated carbocycles. The first-order valence-electron chi connectivity index (χ1n) is 11.9. The van der Waals surface area contributed by atoms with Crippen LogP contribution >= 0.6 is 0 Å². The van der Waals surface area contributed by atoms with E-state index in [-0.39, 0.29) is 28.5 Å². The van der Waals surface area contributed by atoms with Gasteiger partial charge < -0.3 is 5.32 Å². The molecule has 0 bridgehead atoms. The van der Waals surface area contributed by atoms with Crippen molar-refractivity contribution >= 4 is 32.7 Å². The van der Waals surface area contributed by atoms with Gasteiger partial charge in [-0.05, 0) is 43.9 Å². The molecule has 1 N–H and O–H groups in total. The Balaban J connectivity index is 1.35. The summed E-state index contributed by atoms with van der Waals surface area (Å²) in [4.78, 5) is 13.0. The second kappa shape index (κ2) is 8.63. The summed E-state index contributed by atoms with van der Waals surface area (Å²) in [6, 6.07) is 10.6. The lowest BCUT2D eigenvalue weighted by Gasteiger charge is -2.14. The fourth-order valence-electron chi connectivity index (χ4n) is 5.11. The molecule has 186 valence electrons. The lowest BCUT2D eigenvalue weighted by molar-refractivity contribution is 0.507. The van der Waals surface area contributed by atoms with Crippen LogP contribution in [0.1, 0.15) is 42.8 Å². The fraction of sp³-hybridized carbons (Fsp3) is 0.280. The zero-order valence-electron chi connectivity index (χ0n) is 20.1. The molecule has 1 fully saturated rings. The second-order valence-corrected chi connectivity index (χ2v) is 11.3. The molecule has 6 rings (SSSR count). The molecule has 0 amide bonds.